The van der Waals surface area contributed by atoms with Gasteiger partial charge in [-0.1, -0.05) is 76.6 Å². The molecular formula is C22H25ClN2O2. The molecule has 3 rings (SSSR count). The first-order valence-electron chi connectivity index (χ1n) is 9.00. The van der Waals surface area contributed by atoms with Crippen molar-refractivity contribution in [3.05, 3.63) is 64.8 Å². The zero-order valence-corrected chi connectivity index (χ0v) is 17.1. The fourth-order valence-electron chi connectivity index (χ4n) is 3.59. The summed E-state index contributed by atoms with van der Waals surface area (Å²) in [6, 6.07) is 14.8. The van der Waals surface area contributed by atoms with Crippen LogP contribution in [-0.2, 0) is 10.2 Å². The minimum absolute atomic E-state index is 0.406. The largest absolute Gasteiger partial charge is 0.480 e. The van der Waals surface area contributed by atoms with Gasteiger partial charge in [-0.25, -0.2) is 9.48 Å². The van der Waals surface area contributed by atoms with Gasteiger partial charge in [0, 0.05) is 15.8 Å². The molecule has 4 nitrogen and oxygen atoms in total. The third kappa shape index (κ3) is 3.46. The molecule has 3 aromatic rings. The summed E-state index contributed by atoms with van der Waals surface area (Å²) in [6.45, 7) is 9.97. The van der Waals surface area contributed by atoms with E-state index in [0.717, 1.165) is 22.2 Å². The third-order valence-corrected chi connectivity index (χ3v) is 5.32. The van der Waals surface area contributed by atoms with Crippen LogP contribution >= 0.6 is 11.6 Å². The molecule has 1 unspecified atom stereocenters. The number of carbonyl (C=O) groups is 1. The summed E-state index contributed by atoms with van der Waals surface area (Å²) in [6.07, 6.45) is 0. The molecule has 0 bridgehead atoms. The molecule has 0 saturated heterocycles. The Hall–Kier alpha value is -2.33. The fourth-order valence-corrected chi connectivity index (χ4v) is 3.72. The first kappa shape index (κ1) is 19.4. The number of aromatic nitrogens is 2. The van der Waals surface area contributed by atoms with Crippen LogP contribution < -0.4 is 0 Å². The van der Waals surface area contributed by atoms with E-state index in [1.54, 1.807) is 4.68 Å². The SMILES string of the molecule is CC(C)(c1ccc(Cl)cc1)c1nn(C(C(=O)O)C(C)(C)C)c2ccccc12. The number of nitrogens with zero attached hydrogens (tertiary/aromatic N) is 2. The minimum Gasteiger partial charge on any atom is -0.480 e. The molecule has 0 fully saturated rings. The van der Waals surface area contributed by atoms with E-state index < -0.39 is 22.8 Å². The molecule has 1 N–H and O–H groups in total. The van der Waals surface area contributed by atoms with E-state index >= 15 is 0 Å². The van der Waals surface area contributed by atoms with Crippen LogP contribution in [0.1, 0.15) is 51.9 Å². The molecule has 0 aliphatic heterocycles. The lowest BCUT2D eigenvalue weighted by molar-refractivity contribution is -0.144. The topological polar surface area (TPSA) is 55.1 Å². The van der Waals surface area contributed by atoms with Gasteiger partial charge >= 0.3 is 5.97 Å². The van der Waals surface area contributed by atoms with Crippen LogP contribution in [0, 0.1) is 5.41 Å². The molecule has 27 heavy (non-hydrogen) atoms. The molecule has 1 aromatic heterocycles. The second kappa shape index (κ2) is 6.68. The Bertz CT molecular complexity index is 982. The molecule has 5 heteroatoms. The van der Waals surface area contributed by atoms with E-state index in [1.165, 1.54) is 0 Å². The number of hydrogen-bond acceptors (Lipinski definition) is 2. The van der Waals surface area contributed by atoms with E-state index in [1.807, 2.05) is 69.3 Å². The predicted molar refractivity (Wildman–Crippen MR) is 109 cm³/mol. The number of fused-ring (bicyclic) bond motifs is 1. The van der Waals surface area contributed by atoms with Crippen molar-refractivity contribution in [1.29, 1.82) is 0 Å². The number of carboxylic acid groups (broad SMARTS) is 1. The van der Waals surface area contributed by atoms with Gasteiger partial charge in [-0.2, -0.15) is 5.10 Å². The van der Waals surface area contributed by atoms with Gasteiger partial charge in [-0.3, -0.25) is 0 Å². The Morgan fingerprint density at radius 2 is 1.63 bits per heavy atom. The van der Waals surface area contributed by atoms with Crippen molar-refractivity contribution in [3.8, 4) is 0 Å². The van der Waals surface area contributed by atoms with E-state index in [9.17, 15) is 9.90 Å². The third-order valence-electron chi connectivity index (χ3n) is 5.07. The highest BCUT2D eigenvalue weighted by atomic mass is 35.5. The molecule has 0 radical (unpaired) electrons. The lowest BCUT2D eigenvalue weighted by Gasteiger charge is -2.28. The van der Waals surface area contributed by atoms with Crippen molar-refractivity contribution in [2.75, 3.05) is 0 Å². The van der Waals surface area contributed by atoms with Crippen LogP contribution in [0.4, 0.5) is 0 Å². The second-order valence-corrected chi connectivity index (χ2v) is 8.99. The van der Waals surface area contributed by atoms with Gasteiger partial charge in [-0.05, 0) is 29.2 Å². The highest BCUT2D eigenvalue weighted by Crippen LogP contribution is 2.39. The van der Waals surface area contributed by atoms with Crippen LogP contribution in [0.3, 0.4) is 0 Å². The maximum Gasteiger partial charge on any atom is 0.329 e. The Balaban J connectivity index is 2.26. The highest BCUT2D eigenvalue weighted by molar-refractivity contribution is 6.30. The number of benzene rings is 2. The normalized spacial score (nSPS) is 13.7. The number of rotatable bonds is 4. The van der Waals surface area contributed by atoms with E-state index in [2.05, 4.69) is 13.8 Å². The molecule has 0 spiro atoms. The molecule has 2 aromatic carbocycles. The van der Waals surface area contributed by atoms with Gasteiger partial charge in [0.2, 0.25) is 0 Å². The van der Waals surface area contributed by atoms with Crippen molar-refractivity contribution in [2.45, 2.75) is 46.1 Å². The number of halogens is 1. The van der Waals surface area contributed by atoms with Gasteiger partial charge in [0.25, 0.3) is 0 Å². The fraction of sp³-hybridized carbons (Fsp3) is 0.364. The number of carboxylic acids is 1. The molecule has 1 heterocycles. The van der Waals surface area contributed by atoms with Gasteiger partial charge in [-0.15, -0.1) is 0 Å². The molecule has 0 amide bonds. The summed E-state index contributed by atoms with van der Waals surface area (Å²) in [5.74, 6) is -0.883. The molecule has 0 aliphatic rings. The van der Waals surface area contributed by atoms with Crippen LogP contribution in [0.5, 0.6) is 0 Å². The zero-order chi connectivity index (χ0) is 20.0. The summed E-state index contributed by atoms with van der Waals surface area (Å²) >= 11 is 6.05. The molecule has 142 valence electrons. The van der Waals surface area contributed by atoms with Crippen molar-refractivity contribution < 1.29 is 9.90 Å². The van der Waals surface area contributed by atoms with Gasteiger partial charge in [0.05, 0.1) is 11.2 Å². The lowest BCUT2D eigenvalue weighted by atomic mass is 9.80. The lowest BCUT2D eigenvalue weighted by Crippen LogP contribution is -2.32. The number of aliphatic carboxylic acids is 1. The van der Waals surface area contributed by atoms with Crippen LogP contribution in [0.15, 0.2) is 48.5 Å². The number of para-hydroxylation sites is 1. The predicted octanol–water partition coefficient (Wildman–Crippen LogP) is 5.69. The molecule has 0 saturated carbocycles. The summed E-state index contributed by atoms with van der Waals surface area (Å²) in [4.78, 5) is 12.1. The average Bonchev–Trinajstić information content (AvgIpc) is 2.94. The Labute approximate surface area is 164 Å². The van der Waals surface area contributed by atoms with Crippen molar-refractivity contribution in [1.82, 2.24) is 9.78 Å². The highest BCUT2D eigenvalue weighted by Gasteiger charge is 2.37. The van der Waals surface area contributed by atoms with E-state index in [-0.39, 0.29) is 0 Å². The number of hydrogen-bond donors (Lipinski definition) is 1. The zero-order valence-electron chi connectivity index (χ0n) is 16.3. The summed E-state index contributed by atoms with van der Waals surface area (Å²) in [5, 5.41) is 16.4. The van der Waals surface area contributed by atoms with Crippen LogP contribution in [-0.4, -0.2) is 20.9 Å². The summed E-state index contributed by atoms with van der Waals surface area (Å²) < 4.78 is 1.67. The van der Waals surface area contributed by atoms with Gasteiger partial charge in [0.15, 0.2) is 6.04 Å². The maximum atomic E-state index is 12.1. The van der Waals surface area contributed by atoms with Gasteiger partial charge < -0.3 is 5.11 Å². The maximum absolute atomic E-state index is 12.1. The second-order valence-electron chi connectivity index (χ2n) is 8.55. The summed E-state index contributed by atoms with van der Waals surface area (Å²) in [7, 11) is 0. The van der Waals surface area contributed by atoms with E-state index in [0.29, 0.717) is 5.02 Å². The van der Waals surface area contributed by atoms with E-state index in [4.69, 9.17) is 16.7 Å². The first-order chi connectivity index (χ1) is 12.5. The van der Waals surface area contributed by atoms with Crippen LogP contribution in [0.25, 0.3) is 10.9 Å². The smallest absolute Gasteiger partial charge is 0.329 e. The van der Waals surface area contributed by atoms with Gasteiger partial charge in [0.1, 0.15) is 0 Å². The summed E-state index contributed by atoms with van der Waals surface area (Å²) in [5.41, 5.74) is 1.87. The molecular weight excluding hydrogens is 360 g/mol. The Kier molecular flexibility index (Phi) is 4.81. The average molecular weight is 385 g/mol. The van der Waals surface area contributed by atoms with Crippen LogP contribution in [0.2, 0.25) is 5.02 Å². The standard InChI is InChI=1S/C22H25ClN2O2/c1-21(2,3)19(20(26)27)25-17-9-7-6-8-16(17)18(24-25)22(4,5)14-10-12-15(23)13-11-14/h6-13,19H,1-5H3,(H,26,27). The quantitative estimate of drug-likeness (QED) is 0.628. The molecule has 0 aliphatic carbocycles. The Morgan fingerprint density at radius 1 is 1.04 bits per heavy atom. The van der Waals surface area contributed by atoms with Crippen molar-refractivity contribution in [2.24, 2.45) is 5.41 Å². The minimum atomic E-state index is -0.883. The Morgan fingerprint density at radius 3 is 2.19 bits per heavy atom. The first-order valence-corrected chi connectivity index (χ1v) is 9.38. The molecule has 1 atom stereocenters. The van der Waals surface area contributed by atoms with Crippen molar-refractivity contribution >= 4 is 28.5 Å². The monoisotopic (exact) mass is 384 g/mol. The van der Waals surface area contributed by atoms with Crippen molar-refractivity contribution in [3.63, 3.8) is 0 Å².